The first-order chi connectivity index (χ1) is 9.88. The zero-order valence-corrected chi connectivity index (χ0v) is 13.6. The van der Waals surface area contributed by atoms with E-state index in [1.807, 2.05) is 13.8 Å². The van der Waals surface area contributed by atoms with Crippen molar-refractivity contribution in [3.05, 3.63) is 11.4 Å². The molecule has 0 bridgehead atoms. The van der Waals surface area contributed by atoms with Crippen LogP contribution in [-0.2, 0) is 21.3 Å². The van der Waals surface area contributed by atoms with Gasteiger partial charge in [0.15, 0.2) is 0 Å². The lowest BCUT2D eigenvalue weighted by Gasteiger charge is -2.34. The molecule has 0 unspecified atom stereocenters. The molecule has 0 amide bonds. The maximum absolute atomic E-state index is 12.7. The number of hydrogen-bond donors (Lipinski definition) is 3. The average molecular weight is 316 g/mol. The van der Waals surface area contributed by atoms with Crippen LogP contribution in [0.1, 0.15) is 38.1 Å². The minimum Gasteiger partial charge on any atom is -0.381 e. The Morgan fingerprint density at radius 1 is 1.38 bits per heavy atom. The number of rotatable bonds is 6. The predicted octanol–water partition coefficient (Wildman–Crippen LogP) is 0.675. The molecule has 1 aromatic heterocycles. The molecule has 1 aliphatic rings. The number of nitrogens with one attached hydrogen (secondary N) is 3. The van der Waals surface area contributed by atoms with E-state index in [-0.39, 0.29) is 4.90 Å². The Bertz CT molecular complexity index is 576. The van der Waals surface area contributed by atoms with Crippen molar-refractivity contribution in [3.8, 4) is 0 Å². The maximum Gasteiger partial charge on any atom is 0.244 e. The molecule has 120 valence electrons. The quantitative estimate of drug-likeness (QED) is 0.717. The van der Waals surface area contributed by atoms with Gasteiger partial charge in [0.05, 0.1) is 11.4 Å². The van der Waals surface area contributed by atoms with Gasteiger partial charge >= 0.3 is 0 Å². The van der Waals surface area contributed by atoms with Crippen LogP contribution >= 0.6 is 0 Å². The zero-order valence-electron chi connectivity index (χ0n) is 12.8. The summed E-state index contributed by atoms with van der Waals surface area (Å²) in [5.74, 6) is 0. The number of nitrogens with zero attached hydrogens (tertiary/aromatic N) is 1. The highest BCUT2D eigenvalue weighted by molar-refractivity contribution is 7.89. The van der Waals surface area contributed by atoms with Gasteiger partial charge in [-0.3, -0.25) is 5.10 Å². The molecule has 0 spiro atoms. The van der Waals surface area contributed by atoms with Crippen molar-refractivity contribution in [1.82, 2.24) is 20.2 Å². The third kappa shape index (κ3) is 3.82. The Kier molecular flexibility index (Phi) is 5.03. The molecule has 3 N–H and O–H groups in total. The van der Waals surface area contributed by atoms with Crippen LogP contribution in [0.25, 0.3) is 0 Å². The summed E-state index contributed by atoms with van der Waals surface area (Å²) in [6.07, 6.45) is 1.34. The minimum absolute atomic E-state index is 0.260. The molecule has 0 aliphatic carbocycles. The summed E-state index contributed by atoms with van der Waals surface area (Å²) < 4.78 is 33.6. The normalized spacial score (nSPS) is 18.8. The molecule has 8 heteroatoms. The van der Waals surface area contributed by atoms with Crippen LogP contribution in [-0.4, -0.2) is 43.9 Å². The van der Waals surface area contributed by atoms with E-state index in [0.717, 1.165) is 6.54 Å². The Hall–Kier alpha value is -0.960. The van der Waals surface area contributed by atoms with Crippen LogP contribution in [0.15, 0.2) is 4.90 Å². The standard InChI is InChI=1S/C13H24N4O3S/c1-4-14-9-11-12(10(2)15-16-11)21(18,19)17-13(3)5-7-20-8-6-13/h14,17H,4-9H2,1-3H3,(H,15,16). The highest BCUT2D eigenvalue weighted by Crippen LogP contribution is 2.25. The summed E-state index contributed by atoms with van der Waals surface area (Å²) >= 11 is 0. The van der Waals surface area contributed by atoms with Gasteiger partial charge in [-0.25, -0.2) is 13.1 Å². The Labute approximate surface area is 125 Å². The molecule has 7 nitrogen and oxygen atoms in total. The Balaban J connectivity index is 2.24. The molecule has 1 aromatic rings. The lowest BCUT2D eigenvalue weighted by atomic mass is 9.94. The number of sulfonamides is 1. The second-order valence-corrected chi connectivity index (χ2v) is 7.30. The van der Waals surface area contributed by atoms with Gasteiger partial charge in [0, 0.05) is 25.3 Å². The smallest absolute Gasteiger partial charge is 0.244 e. The van der Waals surface area contributed by atoms with Gasteiger partial charge in [0.2, 0.25) is 10.0 Å². The van der Waals surface area contributed by atoms with E-state index in [4.69, 9.17) is 4.74 Å². The van der Waals surface area contributed by atoms with Crippen molar-refractivity contribution in [3.63, 3.8) is 0 Å². The average Bonchev–Trinajstić information content (AvgIpc) is 2.78. The van der Waals surface area contributed by atoms with Gasteiger partial charge in [0.25, 0.3) is 0 Å². The summed E-state index contributed by atoms with van der Waals surface area (Å²) in [4.78, 5) is 0.260. The van der Waals surface area contributed by atoms with Crippen molar-refractivity contribution in [2.75, 3.05) is 19.8 Å². The van der Waals surface area contributed by atoms with Crippen LogP contribution in [0.2, 0.25) is 0 Å². The van der Waals surface area contributed by atoms with Gasteiger partial charge in [-0.1, -0.05) is 6.92 Å². The first kappa shape index (κ1) is 16.4. The van der Waals surface area contributed by atoms with Crippen LogP contribution in [0.4, 0.5) is 0 Å². The molecular formula is C13H24N4O3S. The van der Waals surface area contributed by atoms with E-state index in [1.54, 1.807) is 6.92 Å². The van der Waals surface area contributed by atoms with Crippen molar-refractivity contribution < 1.29 is 13.2 Å². The topological polar surface area (TPSA) is 96.1 Å². The molecule has 2 heterocycles. The number of aromatic nitrogens is 2. The summed E-state index contributed by atoms with van der Waals surface area (Å²) in [6, 6.07) is 0. The number of H-pyrrole nitrogens is 1. The second kappa shape index (κ2) is 6.43. The first-order valence-corrected chi connectivity index (χ1v) is 8.72. The summed E-state index contributed by atoms with van der Waals surface area (Å²) in [7, 11) is -3.61. The van der Waals surface area contributed by atoms with E-state index < -0.39 is 15.6 Å². The molecule has 0 aromatic carbocycles. The molecule has 0 atom stereocenters. The monoisotopic (exact) mass is 316 g/mol. The van der Waals surface area contributed by atoms with E-state index >= 15 is 0 Å². The van der Waals surface area contributed by atoms with Crippen LogP contribution < -0.4 is 10.0 Å². The Morgan fingerprint density at radius 2 is 2.05 bits per heavy atom. The maximum atomic E-state index is 12.7. The van der Waals surface area contributed by atoms with Crippen LogP contribution in [0, 0.1) is 6.92 Å². The van der Waals surface area contributed by atoms with E-state index in [9.17, 15) is 8.42 Å². The summed E-state index contributed by atoms with van der Waals surface area (Å²) in [6.45, 7) is 7.96. The largest absolute Gasteiger partial charge is 0.381 e. The van der Waals surface area contributed by atoms with E-state index in [0.29, 0.717) is 44.0 Å². The molecule has 1 saturated heterocycles. The highest BCUT2D eigenvalue weighted by Gasteiger charge is 2.35. The molecule has 1 aliphatic heterocycles. The molecule has 0 saturated carbocycles. The SMILES string of the molecule is CCNCc1n[nH]c(C)c1S(=O)(=O)NC1(C)CCOCC1. The van der Waals surface area contributed by atoms with Crippen molar-refractivity contribution >= 4 is 10.0 Å². The summed E-state index contributed by atoms with van der Waals surface area (Å²) in [5, 5.41) is 9.98. The highest BCUT2D eigenvalue weighted by atomic mass is 32.2. The van der Waals surface area contributed by atoms with Gasteiger partial charge in [-0.2, -0.15) is 5.10 Å². The fraction of sp³-hybridized carbons (Fsp3) is 0.769. The van der Waals surface area contributed by atoms with Crippen molar-refractivity contribution in [2.24, 2.45) is 0 Å². The van der Waals surface area contributed by atoms with Crippen LogP contribution in [0.5, 0.6) is 0 Å². The predicted molar refractivity (Wildman–Crippen MR) is 79.5 cm³/mol. The van der Waals surface area contributed by atoms with E-state index in [1.165, 1.54) is 0 Å². The zero-order chi connectivity index (χ0) is 15.5. The van der Waals surface area contributed by atoms with Crippen molar-refractivity contribution in [1.29, 1.82) is 0 Å². The molecule has 0 radical (unpaired) electrons. The number of aryl methyl sites for hydroxylation is 1. The molecule has 21 heavy (non-hydrogen) atoms. The lowest BCUT2D eigenvalue weighted by molar-refractivity contribution is 0.0537. The van der Waals surface area contributed by atoms with E-state index in [2.05, 4.69) is 20.2 Å². The molecular weight excluding hydrogens is 292 g/mol. The van der Waals surface area contributed by atoms with Gasteiger partial charge < -0.3 is 10.1 Å². The second-order valence-electron chi connectivity index (χ2n) is 5.68. The van der Waals surface area contributed by atoms with Gasteiger partial charge in [0.1, 0.15) is 4.90 Å². The molecule has 2 rings (SSSR count). The minimum atomic E-state index is -3.61. The van der Waals surface area contributed by atoms with Crippen molar-refractivity contribution in [2.45, 2.75) is 50.6 Å². The first-order valence-electron chi connectivity index (χ1n) is 7.24. The number of ether oxygens (including phenoxy) is 1. The number of hydrogen-bond acceptors (Lipinski definition) is 5. The van der Waals surface area contributed by atoms with Gasteiger partial charge in [-0.05, 0) is 33.2 Å². The fourth-order valence-electron chi connectivity index (χ4n) is 2.49. The Morgan fingerprint density at radius 3 is 2.67 bits per heavy atom. The number of aromatic amines is 1. The third-order valence-corrected chi connectivity index (χ3v) is 5.59. The third-order valence-electron chi connectivity index (χ3n) is 3.75. The van der Waals surface area contributed by atoms with Crippen LogP contribution in [0.3, 0.4) is 0 Å². The summed E-state index contributed by atoms with van der Waals surface area (Å²) in [5.41, 5.74) is 0.625. The lowest BCUT2D eigenvalue weighted by Crippen LogP contribution is -2.49. The fourth-order valence-corrected chi connectivity index (χ4v) is 4.32. The molecule has 1 fully saturated rings. The van der Waals surface area contributed by atoms with Gasteiger partial charge in [-0.15, -0.1) is 0 Å².